The van der Waals surface area contributed by atoms with Gasteiger partial charge in [0.1, 0.15) is 0 Å². The molecule has 1 aliphatic heterocycles. The molecule has 158 valence electrons. The second-order valence-electron chi connectivity index (χ2n) is 6.83. The van der Waals surface area contributed by atoms with Crippen LogP contribution in [0.5, 0.6) is 0 Å². The Hall–Kier alpha value is -1.60. The molecule has 1 fully saturated rings. The Kier molecular flexibility index (Phi) is 7.51. The molecule has 0 atom stereocenters. The van der Waals surface area contributed by atoms with Crippen LogP contribution in [0.25, 0.3) is 0 Å². The molecule has 28 heavy (non-hydrogen) atoms. The lowest BCUT2D eigenvalue weighted by molar-refractivity contribution is -0.388. The van der Waals surface area contributed by atoms with Crippen LogP contribution in [0.4, 0.5) is 5.69 Å². The largest absolute Gasteiger partial charge is 0.302 e. The van der Waals surface area contributed by atoms with E-state index in [9.17, 15) is 26.9 Å². The highest BCUT2D eigenvalue weighted by atomic mass is 32.2. The van der Waals surface area contributed by atoms with Crippen LogP contribution in [0.2, 0.25) is 0 Å². The van der Waals surface area contributed by atoms with Crippen LogP contribution in [0.15, 0.2) is 28.0 Å². The predicted octanol–water partition coefficient (Wildman–Crippen LogP) is 0.999. The highest BCUT2D eigenvalue weighted by Gasteiger charge is 2.29. The minimum Gasteiger partial charge on any atom is -0.302 e. The molecule has 1 saturated heterocycles. The van der Waals surface area contributed by atoms with Gasteiger partial charge in [0.2, 0.25) is 20.0 Å². The fourth-order valence-corrected chi connectivity index (χ4v) is 5.11. The van der Waals surface area contributed by atoms with E-state index in [1.54, 1.807) is 0 Å². The molecule has 1 aliphatic rings. The Bertz CT molecular complexity index is 907. The van der Waals surface area contributed by atoms with Gasteiger partial charge >= 0.3 is 0 Å². The SMILES string of the molecule is CN(C)S(=O)(=O)c1ccc(S(=O)(=O)NCCN2CCCCCC2)c([N+](=O)[O-])c1. The van der Waals surface area contributed by atoms with E-state index in [-0.39, 0.29) is 11.4 Å². The fourth-order valence-electron chi connectivity index (χ4n) is 3.01. The molecule has 0 amide bonds. The monoisotopic (exact) mass is 434 g/mol. The van der Waals surface area contributed by atoms with Crippen LogP contribution in [-0.2, 0) is 20.0 Å². The van der Waals surface area contributed by atoms with Crippen molar-refractivity contribution in [1.82, 2.24) is 13.9 Å². The summed E-state index contributed by atoms with van der Waals surface area (Å²) in [6, 6.07) is 2.80. The zero-order valence-electron chi connectivity index (χ0n) is 16.0. The summed E-state index contributed by atoms with van der Waals surface area (Å²) in [4.78, 5) is 11.8. The van der Waals surface area contributed by atoms with E-state index in [2.05, 4.69) is 9.62 Å². The highest BCUT2D eigenvalue weighted by molar-refractivity contribution is 7.90. The summed E-state index contributed by atoms with van der Waals surface area (Å²) in [5.41, 5.74) is -0.773. The Morgan fingerprint density at radius 3 is 2.25 bits per heavy atom. The van der Waals surface area contributed by atoms with Crippen molar-refractivity contribution < 1.29 is 21.8 Å². The number of likely N-dealkylation sites (tertiary alicyclic amines) is 1. The van der Waals surface area contributed by atoms with E-state index in [1.807, 2.05) is 0 Å². The molecule has 10 nitrogen and oxygen atoms in total. The van der Waals surface area contributed by atoms with Crippen molar-refractivity contribution in [1.29, 1.82) is 0 Å². The van der Waals surface area contributed by atoms with Crippen LogP contribution in [-0.4, -0.2) is 71.2 Å². The lowest BCUT2D eigenvalue weighted by Gasteiger charge is -2.19. The molecule has 2 rings (SSSR count). The van der Waals surface area contributed by atoms with E-state index >= 15 is 0 Å². The first-order valence-electron chi connectivity index (χ1n) is 8.99. The summed E-state index contributed by atoms with van der Waals surface area (Å²) in [6.07, 6.45) is 4.47. The van der Waals surface area contributed by atoms with Gasteiger partial charge < -0.3 is 4.90 Å². The molecule has 0 bridgehead atoms. The van der Waals surface area contributed by atoms with Gasteiger partial charge in [0.15, 0.2) is 4.90 Å². The molecule has 0 aliphatic carbocycles. The summed E-state index contributed by atoms with van der Waals surface area (Å²) < 4.78 is 52.8. The molecule has 1 N–H and O–H groups in total. The summed E-state index contributed by atoms with van der Waals surface area (Å²) in [6.45, 7) is 2.44. The number of hydrogen-bond donors (Lipinski definition) is 1. The molecule has 0 saturated carbocycles. The van der Waals surface area contributed by atoms with Crippen LogP contribution in [0.3, 0.4) is 0 Å². The van der Waals surface area contributed by atoms with Crippen molar-refractivity contribution in [2.24, 2.45) is 0 Å². The Balaban J connectivity index is 2.20. The maximum atomic E-state index is 12.6. The topological polar surface area (TPSA) is 130 Å². The summed E-state index contributed by atoms with van der Waals surface area (Å²) in [5, 5.41) is 11.4. The first-order valence-corrected chi connectivity index (χ1v) is 11.9. The number of rotatable bonds is 8. The minimum absolute atomic E-state index is 0.122. The maximum absolute atomic E-state index is 12.6. The average Bonchev–Trinajstić information content (AvgIpc) is 2.89. The first kappa shape index (κ1) is 22.7. The van der Waals surface area contributed by atoms with Crippen LogP contribution in [0.1, 0.15) is 25.7 Å². The Morgan fingerprint density at radius 2 is 1.71 bits per heavy atom. The average molecular weight is 435 g/mol. The Labute approximate surface area is 165 Å². The zero-order valence-corrected chi connectivity index (χ0v) is 17.6. The molecule has 0 radical (unpaired) electrons. The van der Waals surface area contributed by atoms with Crippen molar-refractivity contribution >= 4 is 25.7 Å². The van der Waals surface area contributed by atoms with E-state index in [1.165, 1.54) is 14.1 Å². The lowest BCUT2D eigenvalue weighted by Crippen LogP contribution is -2.35. The quantitative estimate of drug-likeness (QED) is 0.477. The van der Waals surface area contributed by atoms with Gasteiger partial charge in [-0.05, 0) is 38.1 Å². The molecule has 1 aromatic carbocycles. The number of nitro groups is 1. The zero-order chi connectivity index (χ0) is 20.9. The Morgan fingerprint density at radius 1 is 1.11 bits per heavy atom. The van der Waals surface area contributed by atoms with Gasteiger partial charge in [-0.25, -0.2) is 25.9 Å². The third kappa shape index (κ3) is 5.47. The molecule has 1 heterocycles. The van der Waals surface area contributed by atoms with E-state index in [4.69, 9.17) is 0 Å². The second-order valence-corrected chi connectivity index (χ2v) is 10.7. The number of benzene rings is 1. The number of nitro benzene ring substituents is 1. The number of hydrogen-bond acceptors (Lipinski definition) is 7. The van der Waals surface area contributed by atoms with Gasteiger partial charge in [-0.3, -0.25) is 10.1 Å². The van der Waals surface area contributed by atoms with Gasteiger partial charge in [-0.2, -0.15) is 0 Å². The van der Waals surface area contributed by atoms with Gasteiger partial charge in [0.25, 0.3) is 5.69 Å². The lowest BCUT2D eigenvalue weighted by atomic mass is 10.2. The molecule has 0 unspecified atom stereocenters. The third-order valence-electron chi connectivity index (χ3n) is 4.61. The van der Waals surface area contributed by atoms with E-state index < -0.39 is 35.6 Å². The maximum Gasteiger partial charge on any atom is 0.290 e. The molecule has 1 aromatic rings. The molecular weight excluding hydrogens is 408 g/mol. The predicted molar refractivity (Wildman–Crippen MR) is 104 cm³/mol. The number of nitrogens with one attached hydrogen (secondary N) is 1. The highest BCUT2D eigenvalue weighted by Crippen LogP contribution is 2.27. The van der Waals surface area contributed by atoms with E-state index in [0.29, 0.717) is 6.54 Å². The standard InChI is InChI=1S/C16H26N4O6S2/c1-18(2)28(25,26)14-7-8-16(15(13-14)20(21)22)27(23,24)17-9-12-19-10-5-3-4-6-11-19/h7-8,13,17H,3-6,9-12H2,1-2H3. The van der Waals surface area contributed by atoms with Crippen molar-refractivity contribution in [3.05, 3.63) is 28.3 Å². The third-order valence-corrected chi connectivity index (χ3v) is 7.93. The smallest absolute Gasteiger partial charge is 0.290 e. The molecule has 0 spiro atoms. The van der Waals surface area contributed by atoms with Crippen molar-refractivity contribution in [3.8, 4) is 0 Å². The van der Waals surface area contributed by atoms with E-state index in [0.717, 1.165) is 61.3 Å². The molecule has 12 heteroatoms. The first-order chi connectivity index (χ1) is 13.1. The van der Waals surface area contributed by atoms with Crippen molar-refractivity contribution in [3.63, 3.8) is 0 Å². The van der Waals surface area contributed by atoms with Crippen LogP contribution >= 0.6 is 0 Å². The van der Waals surface area contributed by atoms with Crippen LogP contribution in [0, 0.1) is 10.1 Å². The van der Waals surface area contributed by atoms with Gasteiger partial charge in [0, 0.05) is 33.3 Å². The minimum atomic E-state index is -4.16. The van der Waals surface area contributed by atoms with Crippen molar-refractivity contribution in [2.75, 3.05) is 40.3 Å². The summed E-state index contributed by atoms with van der Waals surface area (Å²) in [5.74, 6) is 0. The van der Waals surface area contributed by atoms with Gasteiger partial charge in [-0.1, -0.05) is 12.8 Å². The summed E-state index contributed by atoms with van der Waals surface area (Å²) >= 11 is 0. The normalized spacial score (nSPS) is 16.8. The molecular formula is C16H26N4O6S2. The molecule has 0 aromatic heterocycles. The number of sulfonamides is 2. The van der Waals surface area contributed by atoms with Gasteiger partial charge in [-0.15, -0.1) is 0 Å². The summed E-state index contributed by atoms with van der Waals surface area (Å²) in [7, 11) is -5.50. The number of nitrogens with zero attached hydrogens (tertiary/aromatic N) is 3. The van der Waals surface area contributed by atoms with Gasteiger partial charge in [0.05, 0.1) is 9.82 Å². The van der Waals surface area contributed by atoms with Crippen molar-refractivity contribution in [2.45, 2.75) is 35.5 Å². The van der Waals surface area contributed by atoms with Crippen LogP contribution < -0.4 is 4.72 Å². The second kappa shape index (κ2) is 9.27. The fraction of sp³-hybridized carbons (Fsp3) is 0.625.